The molecule has 0 aliphatic rings. The molecule has 0 atom stereocenters. The summed E-state index contributed by atoms with van der Waals surface area (Å²) in [7, 11) is -3.75. The van der Waals surface area contributed by atoms with Crippen molar-refractivity contribution < 1.29 is 13.3 Å². The summed E-state index contributed by atoms with van der Waals surface area (Å²) in [5.74, 6) is 0. The van der Waals surface area contributed by atoms with Crippen LogP contribution in [0.4, 0.5) is 5.69 Å². The number of aromatic amines is 1. The number of nitro groups is 1. The summed E-state index contributed by atoms with van der Waals surface area (Å²) in [6.45, 7) is 1.84. The SMILES string of the molecule is CCNS(=O)(=O)c1nc2c([N+](=O)[O-])cccc2[nH]1. The molecule has 0 amide bonds. The molecule has 0 aliphatic heterocycles. The molecule has 2 N–H and O–H groups in total. The number of nitrogens with one attached hydrogen (secondary N) is 2. The Morgan fingerprint density at radius 2 is 2.22 bits per heavy atom. The van der Waals surface area contributed by atoms with Crippen LogP contribution in [0.15, 0.2) is 23.4 Å². The molecule has 96 valence electrons. The molecule has 8 nitrogen and oxygen atoms in total. The lowest BCUT2D eigenvalue weighted by Crippen LogP contribution is -2.24. The first kappa shape index (κ1) is 12.5. The van der Waals surface area contributed by atoms with Gasteiger partial charge >= 0.3 is 0 Å². The number of hydrogen-bond donors (Lipinski definition) is 2. The van der Waals surface area contributed by atoms with Gasteiger partial charge in [0.15, 0.2) is 5.52 Å². The van der Waals surface area contributed by atoms with E-state index in [0.29, 0.717) is 5.52 Å². The molecule has 18 heavy (non-hydrogen) atoms. The van der Waals surface area contributed by atoms with Crippen LogP contribution >= 0.6 is 0 Å². The molecule has 2 rings (SSSR count). The number of hydrogen-bond acceptors (Lipinski definition) is 5. The second-order valence-electron chi connectivity index (χ2n) is 3.47. The number of rotatable bonds is 4. The zero-order valence-electron chi connectivity index (χ0n) is 9.37. The summed E-state index contributed by atoms with van der Waals surface area (Å²) in [6, 6.07) is 4.26. The second kappa shape index (κ2) is 4.35. The van der Waals surface area contributed by atoms with Crippen LogP contribution < -0.4 is 4.72 Å². The predicted octanol–water partition coefficient (Wildman–Crippen LogP) is 0.769. The van der Waals surface area contributed by atoms with Crippen molar-refractivity contribution in [3.8, 4) is 0 Å². The Balaban J connectivity index is 2.65. The fourth-order valence-electron chi connectivity index (χ4n) is 1.53. The summed E-state index contributed by atoms with van der Waals surface area (Å²) in [6.07, 6.45) is 0. The van der Waals surface area contributed by atoms with Crippen LogP contribution in [0.25, 0.3) is 11.0 Å². The summed E-state index contributed by atoms with van der Waals surface area (Å²) in [5, 5.41) is 10.5. The molecule has 2 aromatic rings. The second-order valence-corrected chi connectivity index (χ2v) is 5.16. The minimum absolute atomic E-state index is 0.0268. The van der Waals surface area contributed by atoms with Gasteiger partial charge in [0, 0.05) is 12.6 Å². The number of imidazole rings is 1. The molecule has 9 heteroatoms. The number of non-ortho nitro benzene ring substituents is 1. The van der Waals surface area contributed by atoms with Gasteiger partial charge in [-0.15, -0.1) is 0 Å². The summed E-state index contributed by atoms with van der Waals surface area (Å²) in [4.78, 5) is 16.5. The third kappa shape index (κ3) is 2.05. The average molecular weight is 270 g/mol. The number of benzene rings is 1. The van der Waals surface area contributed by atoms with E-state index in [2.05, 4.69) is 14.7 Å². The van der Waals surface area contributed by atoms with Crippen LogP contribution in [0.1, 0.15) is 6.92 Å². The lowest BCUT2D eigenvalue weighted by molar-refractivity contribution is -0.383. The first-order valence-corrected chi connectivity index (χ1v) is 6.57. The van der Waals surface area contributed by atoms with E-state index < -0.39 is 14.9 Å². The van der Waals surface area contributed by atoms with E-state index in [-0.39, 0.29) is 22.9 Å². The molecule has 1 aromatic carbocycles. The van der Waals surface area contributed by atoms with Crippen molar-refractivity contribution in [2.75, 3.05) is 6.54 Å². The monoisotopic (exact) mass is 270 g/mol. The van der Waals surface area contributed by atoms with Gasteiger partial charge < -0.3 is 4.98 Å². The Morgan fingerprint density at radius 3 is 2.83 bits per heavy atom. The lowest BCUT2D eigenvalue weighted by Gasteiger charge is -1.98. The molecule has 0 fully saturated rings. The van der Waals surface area contributed by atoms with Gasteiger partial charge in [-0.25, -0.2) is 18.1 Å². The largest absolute Gasteiger partial charge is 0.327 e. The highest BCUT2D eigenvalue weighted by Crippen LogP contribution is 2.24. The van der Waals surface area contributed by atoms with Crippen molar-refractivity contribution in [3.05, 3.63) is 28.3 Å². The van der Waals surface area contributed by atoms with E-state index in [1.165, 1.54) is 18.2 Å². The number of sulfonamides is 1. The molecule has 0 radical (unpaired) electrons. The van der Waals surface area contributed by atoms with E-state index in [1.54, 1.807) is 6.92 Å². The number of nitrogens with zero attached hydrogens (tertiary/aromatic N) is 2. The van der Waals surface area contributed by atoms with Crippen LogP contribution in [0, 0.1) is 10.1 Å². The van der Waals surface area contributed by atoms with E-state index in [0.717, 1.165) is 0 Å². The highest BCUT2D eigenvalue weighted by Gasteiger charge is 2.22. The van der Waals surface area contributed by atoms with Crippen LogP contribution in [0.2, 0.25) is 0 Å². The maximum atomic E-state index is 11.7. The minimum atomic E-state index is -3.75. The molecular formula is C9H10N4O4S. The normalized spacial score (nSPS) is 11.8. The standard InChI is InChI=1S/C9H10N4O4S/c1-2-10-18(16,17)9-11-6-4-3-5-7(13(14)15)8(6)12-9/h3-5,10H,2H2,1H3,(H,11,12). The molecule has 0 aliphatic carbocycles. The molecule has 1 aromatic heterocycles. The summed E-state index contributed by atoms with van der Waals surface area (Å²) < 4.78 is 25.7. The summed E-state index contributed by atoms with van der Waals surface area (Å²) in [5.41, 5.74) is 0.0985. The van der Waals surface area contributed by atoms with Crippen LogP contribution in [0.3, 0.4) is 0 Å². The van der Waals surface area contributed by atoms with Gasteiger partial charge in [-0.3, -0.25) is 10.1 Å². The number of H-pyrrole nitrogens is 1. The highest BCUT2D eigenvalue weighted by molar-refractivity contribution is 7.89. The van der Waals surface area contributed by atoms with Gasteiger partial charge in [0.1, 0.15) is 0 Å². The van der Waals surface area contributed by atoms with Crippen molar-refractivity contribution >= 4 is 26.7 Å². The maximum absolute atomic E-state index is 11.7. The zero-order chi connectivity index (χ0) is 13.3. The van der Waals surface area contributed by atoms with Gasteiger partial charge in [0.05, 0.1) is 10.4 Å². The molecule has 0 spiro atoms. The molecule has 0 saturated heterocycles. The zero-order valence-corrected chi connectivity index (χ0v) is 10.2. The smallest absolute Gasteiger partial charge is 0.297 e. The fourth-order valence-corrected chi connectivity index (χ4v) is 2.50. The topological polar surface area (TPSA) is 118 Å². The number of nitro benzene ring substituents is 1. The van der Waals surface area contributed by atoms with Crippen LogP contribution in [-0.4, -0.2) is 29.9 Å². The van der Waals surface area contributed by atoms with Crippen molar-refractivity contribution in [2.45, 2.75) is 12.1 Å². The number of aromatic nitrogens is 2. The van der Waals surface area contributed by atoms with Gasteiger partial charge in [-0.1, -0.05) is 13.0 Å². The fraction of sp³-hybridized carbons (Fsp3) is 0.222. The Morgan fingerprint density at radius 1 is 1.50 bits per heavy atom. The van der Waals surface area contributed by atoms with Gasteiger partial charge in [-0.05, 0) is 6.07 Å². The Labute approximate surface area is 102 Å². The van der Waals surface area contributed by atoms with Crippen molar-refractivity contribution in [1.82, 2.24) is 14.7 Å². The van der Waals surface area contributed by atoms with E-state index in [9.17, 15) is 18.5 Å². The van der Waals surface area contributed by atoms with Gasteiger partial charge in [-0.2, -0.15) is 0 Å². The molecule has 0 bridgehead atoms. The van der Waals surface area contributed by atoms with Crippen LogP contribution in [0.5, 0.6) is 0 Å². The van der Waals surface area contributed by atoms with E-state index in [4.69, 9.17) is 0 Å². The quantitative estimate of drug-likeness (QED) is 0.628. The first-order valence-electron chi connectivity index (χ1n) is 5.08. The number of para-hydroxylation sites is 1. The van der Waals surface area contributed by atoms with Gasteiger partial charge in [0.2, 0.25) is 5.16 Å². The summed E-state index contributed by atoms with van der Waals surface area (Å²) >= 11 is 0. The van der Waals surface area contributed by atoms with Gasteiger partial charge in [0.25, 0.3) is 15.7 Å². The highest BCUT2D eigenvalue weighted by atomic mass is 32.2. The molecular weight excluding hydrogens is 260 g/mol. The third-order valence-electron chi connectivity index (χ3n) is 2.26. The molecule has 0 unspecified atom stereocenters. The first-order chi connectivity index (χ1) is 8.45. The predicted molar refractivity (Wildman–Crippen MR) is 63.6 cm³/mol. The molecule has 1 heterocycles. The van der Waals surface area contributed by atoms with Crippen molar-refractivity contribution in [3.63, 3.8) is 0 Å². The Kier molecular flexibility index (Phi) is 3.01. The number of fused-ring (bicyclic) bond motifs is 1. The lowest BCUT2D eigenvalue weighted by atomic mass is 10.3. The van der Waals surface area contributed by atoms with Crippen molar-refractivity contribution in [2.24, 2.45) is 0 Å². The third-order valence-corrected chi connectivity index (χ3v) is 3.63. The van der Waals surface area contributed by atoms with E-state index >= 15 is 0 Å². The minimum Gasteiger partial charge on any atom is -0.327 e. The van der Waals surface area contributed by atoms with Crippen molar-refractivity contribution in [1.29, 1.82) is 0 Å². The van der Waals surface area contributed by atoms with E-state index in [1.807, 2.05) is 0 Å². The van der Waals surface area contributed by atoms with Crippen LogP contribution in [-0.2, 0) is 10.0 Å². The Bertz CT molecular complexity index is 706. The average Bonchev–Trinajstić information content (AvgIpc) is 2.72. The molecule has 0 saturated carbocycles. The maximum Gasteiger partial charge on any atom is 0.297 e. The Hall–Kier alpha value is -2.00.